The Morgan fingerprint density at radius 2 is 2.17 bits per heavy atom. The summed E-state index contributed by atoms with van der Waals surface area (Å²) in [6, 6.07) is 3.83. The molecule has 23 heavy (non-hydrogen) atoms. The number of hydrogen-bond donors (Lipinski definition) is 1. The Morgan fingerprint density at radius 1 is 1.39 bits per heavy atom. The summed E-state index contributed by atoms with van der Waals surface area (Å²) in [5.74, 6) is 0.453. The van der Waals surface area contributed by atoms with Gasteiger partial charge in [-0.05, 0) is 49.9 Å². The minimum Gasteiger partial charge on any atom is -0.370 e. The molecule has 0 saturated carbocycles. The molecule has 1 aliphatic rings. The van der Waals surface area contributed by atoms with Gasteiger partial charge >= 0.3 is 0 Å². The van der Waals surface area contributed by atoms with E-state index in [0.717, 1.165) is 30.0 Å². The molecular weight excluding hydrogens is 316 g/mol. The van der Waals surface area contributed by atoms with Crippen molar-refractivity contribution >= 4 is 29.0 Å². The number of hydrogen-bond acceptors (Lipinski definition) is 5. The van der Waals surface area contributed by atoms with Gasteiger partial charge in [-0.3, -0.25) is 4.79 Å². The maximum Gasteiger partial charge on any atom is 0.229 e. The van der Waals surface area contributed by atoms with Crippen molar-refractivity contribution in [1.82, 2.24) is 10.1 Å². The maximum absolute atomic E-state index is 12.0. The monoisotopic (exact) mass is 334 g/mol. The Hall–Kier alpha value is -2.08. The lowest BCUT2D eigenvalue weighted by molar-refractivity contribution is -0.116. The first-order valence-electron chi connectivity index (χ1n) is 7.75. The fraction of sp³-hybridized carbons (Fsp3) is 0.438. The number of carbonyl (C=O) groups excluding carboxylic acids is 1. The first-order chi connectivity index (χ1) is 11.1. The van der Waals surface area contributed by atoms with Crippen LogP contribution in [0.2, 0.25) is 5.22 Å². The third-order valence-electron chi connectivity index (χ3n) is 4.03. The van der Waals surface area contributed by atoms with Crippen LogP contribution in [0.25, 0.3) is 0 Å². The SMILES string of the molecule is Cc1noc(Cl)c1CCC(=O)Nc1ccc(N2CCCC2)cn1. The van der Waals surface area contributed by atoms with Gasteiger partial charge in [0.25, 0.3) is 0 Å². The number of aryl methyl sites for hydroxylation is 1. The predicted molar refractivity (Wildman–Crippen MR) is 88.9 cm³/mol. The Bertz CT molecular complexity index is 658. The first kappa shape index (κ1) is 15.8. The molecule has 0 bridgehead atoms. The van der Waals surface area contributed by atoms with Crippen LogP contribution in [0.3, 0.4) is 0 Å². The zero-order valence-corrected chi connectivity index (χ0v) is 13.8. The zero-order valence-electron chi connectivity index (χ0n) is 13.0. The van der Waals surface area contributed by atoms with Crippen LogP contribution in [0, 0.1) is 6.92 Å². The van der Waals surface area contributed by atoms with Gasteiger partial charge in [0.1, 0.15) is 5.82 Å². The highest BCUT2D eigenvalue weighted by molar-refractivity contribution is 6.29. The average Bonchev–Trinajstić information content (AvgIpc) is 3.17. The summed E-state index contributed by atoms with van der Waals surface area (Å²) >= 11 is 5.89. The Balaban J connectivity index is 1.53. The van der Waals surface area contributed by atoms with Crippen molar-refractivity contribution in [3.63, 3.8) is 0 Å². The van der Waals surface area contributed by atoms with Crippen molar-refractivity contribution in [2.45, 2.75) is 32.6 Å². The Labute approximate surface area is 139 Å². The van der Waals surface area contributed by atoms with E-state index < -0.39 is 0 Å². The number of carbonyl (C=O) groups is 1. The normalized spacial score (nSPS) is 14.3. The minimum absolute atomic E-state index is 0.108. The summed E-state index contributed by atoms with van der Waals surface area (Å²) < 4.78 is 4.87. The molecular formula is C16H19ClN4O2. The standard InChI is InChI=1S/C16H19ClN4O2/c1-11-13(16(17)23-20-11)5-7-15(22)19-14-6-4-12(10-18-14)21-8-2-3-9-21/h4,6,10H,2-3,5,7-9H2,1H3,(H,18,19,22). The number of rotatable bonds is 5. The molecule has 1 aliphatic heterocycles. The molecule has 0 spiro atoms. The van der Waals surface area contributed by atoms with Crippen molar-refractivity contribution in [3.8, 4) is 0 Å². The van der Waals surface area contributed by atoms with Gasteiger partial charge in [-0.15, -0.1) is 0 Å². The van der Waals surface area contributed by atoms with Crippen LogP contribution in [-0.2, 0) is 11.2 Å². The highest BCUT2D eigenvalue weighted by Crippen LogP contribution is 2.22. The van der Waals surface area contributed by atoms with E-state index in [-0.39, 0.29) is 11.1 Å². The number of aromatic nitrogens is 2. The van der Waals surface area contributed by atoms with Gasteiger partial charge < -0.3 is 14.7 Å². The second-order valence-corrected chi connectivity index (χ2v) is 6.01. The lowest BCUT2D eigenvalue weighted by Crippen LogP contribution is -2.18. The van der Waals surface area contributed by atoms with E-state index >= 15 is 0 Å². The highest BCUT2D eigenvalue weighted by atomic mass is 35.5. The van der Waals surface area contributed by atoms with E-state index in [4.69, 9.17) is 16.1 Å². The van der Waals surface area contributed by atoms with Crippen molar-refractivity contribution < 1.29 is 9.32 Å². The molecule has 7 heteroatoms. The van der Waals surface area contributed by atoms with Crippen LogP contribution < -0.4 is 10.2 Å². The number of nitrogens with one attached hydrogen (secondary N) is 1. The lowest BCUT2D eigenvalue weighted by Gasteiger charge is -2.17. The molecule has 1 amide bonds. The molecule has 2 aromatic heterocycles. The van der Waals surface area contributed by atoms with E-state index in [1.807, 2.05) is 18.3 Å². The summed E-state index contributed by atoms with van der Waals surface area (Å²) in [5.41, 5.74) is 2.60. The fourth-order valence-electron chi connectivity index (χ4n) is 2.71. The summed E-state index contributed by atoms with van der Waals surface area (Å²) in [7, 11) is 0. The van der Waals surface area contributed by atoms with Gasteiger partial charge in [-0.1, -0.05) is 5.16 Å². The second kappa shape index (κ2) is 7.00. The van der Waals surface area contributed by atoms with Crippen LogP contribution in [0.5, 0.6) is 0 Å². The topological polar surface area (TPSA) is 71.3 Å². The third-order valence-corrected chi connectivity index (χ3v) is 4.32. The molecule has 3 rings (SSSR count). The molecule has 1 saturated heterocycles. The molecule has 0 aliphatic carbocycles. The van der Waals surface area contributed by atoms with E-state index in [2.05, 4.69) is 20.4 Å². The van der Waals surface area contributed by atoms with Crippen molar-refractivity contribution in [2.24, 2.45) is 0 Å². The van der Waals surface area contributed by atoms with Gasteiger partial charge in [0.2, 0.25) is 11.1 Å². The molecule has 0 unspecified atom stereocenters. The van der Waals surface area contributed by atoms with Crippen LogP contribution in [0.4, 0.5) is 11.5 Å². The zero-order chi connectivity index (χ0) is 16.2. The molecule has 0 atom stereocenters. The Morgan fingerprint density at radius 3 is 2.78 bits per heavy atom. The molecule has 6 nitrogen and oxygen atoms in total. The largest absolute Gasteiger partial charge is 0.370 e. The number of halogens is 1. The maximum atomic E-state index is 12.0. The van der Waals surface area contributed by atoms with Crippen LogP contribution >= 0.6 is 11.6 Å². The highest BCUT2D eigenvalue weighted by Gasteiger charge is 2.14. The van der Waals surface area contributed by atoms with Gasteiger partial charge in [0, 0.05) is 25.1 Å². The van der Waals surface area contributed by atoms with Crippen LogP contribution in [-0.4, -0.2) is 29.1 Å². The molecule has 1 fully saturated rings. The summed E-state index contributed by atoms with van der Waals surface area (Å²) in [4.78, 5) is 18.6. The molecule has 3 heterocycles. The number of amides is 1. The smallest absolute Gasteiger partial charge is 0.229 e. The first-order valence-corrected chi connectivity index (χ1v) is 8.13. The van der Waals surface area contributed by atoms with E-state index in [9.17, 15) is 4.79 Å². The van der Waals surface area contributed by atoms with E-state index in [0.29, 0.717) is 18.7 Å². The van der Waals surface area contributed by atoms with E-state index in [1.165, 1.54) is 12.8 Å². The summed E-state index contributed by atoms with van der Waals surface area (Å²) in [6.45, 7) is 3.96. The second-order valence-electron chi connectivity index (χ2n) is 5.66. The minimum atomic E-state index is -0.108. The number of nitrogens with zero attached hydrogens (tertiary/aromatic N) is 3. The van der Waals surface area contributed by atoms with Gasteiger partial charge in [-0.25, -0.2) is 4.98 Å². The summed E-state index contributed by atoms with van der Waals surface area (Å²) in [5, 5.41) is 6.82. The lowest BCUT2D eigenvalue weighted by atomic mass is 10.1. The molecule has 2 aromatic rings. The van der Waals surface area contributed by atoms with Gasteiger partial charge in [0.05, 0.1) is 17.6 Å². The summed E-state index contributed by atoms with van der Waals surface area (Å²) in [6.07, 6.45) is 5.05. The number of pyridine rings is 1. The Kier molecular flexibility index (Phi) is 4.81. The number of anilines is 2. The van der Waals surface area contributed by atoms with E-state index in [1.54, 1.807) is 6.92 Å². The van der Waals surface area contributed by atoms with Crippen LogP contribution in [0.15, 0.2) is 22.9 Å². The van der Waals surface area contributed by atoms with Gasteiger partial charge in [-0.2, -0.15) is 0 Å². The third kappa shape index (κ3) is 3.82. The van der Waals surface area contributed by atoms with Crippen molar-refractivity contribution in [2.75, 3.05) is 23.3 Å². The quantitative estimate of drug-likeness (QED) is 0.909. The molecule has 0 aromatic carbocycles. The van der Waals surface area contributed by atoms with Gasteiger partial charge in [0.15, 0.2) is 0 Å². The molecule has 122 valence electrons. The fourth-order valence-corrected chi connectivity index (χ4v) is 2.97. The molecule has 1 N–H and O–H groups in total. The van der Waals surface area contributed by atoms with Crippen LogP contribution in [0.1, 0.15) is 30.5 Å². The molecule has 0 radical (unpaired) electrons. The van der Waals surface area contributed by atoms with Crippen molar-refractivity contribution in [1.29, 1.82) is 0 Å². The van der Waals surface area contributed by atoms with Crippen molar-refractivity contribution in [3.05, 3.63) is 34.8 Å². The average molecular weight is 335 g/mol. The predicted octanol–water partition coefficient (Wildman–Crippen LogP) is 3.20.